The number of ether oxygens (including phenoxy) is 3. The fourth-order valence-corrected chi connectivity index (χ4v) is 2.86. The maximum atomic E-state index is 12.5. The molecule has 0 radical (unpaired) electrons. The highest BCUT2D eigenvalue weighted by atomic mass is 16.5. The normalized spacial score (nSPS) is 11.3. The number of hydrogen-bond donors (Lipinski definition) is 1. The van der Waals surface area contributed by atoms with Crippen molar-refractivity contribution in [3.63, 3.8) is 0 Å². The van der Waals surface area contributed by atoms with Crippen LogP contribution < -0.4 is 14.8 Å². The molecule has 3 rings (SSSR count). The van der Waals surface area contributed by atoms with Crippen molar-refractivity contribution >= 4 is 17.6 Å². The van der Waals surface area contributed by atoms with E-state index in [2.05, 4.69) is 5.32 Å². The molecule has 6 heteroatoms. The third-order valence-corrected chi connectivity index (χ3v) is 4.60. The number of methoxy groups -OCH3 is 1. The molecule has 0 saturated heterocycles. The van der Waals surface area contributed by atoms with Gasteiger partial charge in [0.05, 0.1) is 18.4 Å². The smallest absolute Gasteiger partial charge is 0.338 e. The zero-order valence-electron chi connectivity index (χ0n) is 17.8. The molecule has 0 fully saturated rings. The summed E-state index contributed by atoms with van der Waals surface area (Å²) in [6, 6.07) is 21.8. The van der Waals surface area contributed by atoms with E-state index in [1.807, 2.05) is 43.3 Å². The maximum absolute atomic E-state index is 12.5. The second-order valence-corrected chi connectivity index (χ2v) is 7.04. The second-order valence-electron chi connectivity index (χ2n) is 7.04. The van der Waals surface area contributed by atoms with E-state index in [1.54, 1.807) is 36.4 Å². The molecule has 0 aromatic heterocycles. The Bertz CT molecular complexity index is 1030. The Balaban J connectivity index is 1.55. The molecular formula is C25H25NO5. The van der Waals surface area contributed by atoms with Crippen molar-refractivity contribution in [2.75, 3.05) is 12.4 Å². The Kier molecular flexibility index (Phi) is 7.27. The van der Waals surface area contributed by atoms with E-state index in [4.69, 9.17) is 14.2 Å². The van der Waals surface area contributed by atoms with Gasteiger partial charge in [0.15, 0.2) is 6.10 Å². The number of anilines is 1. The predicted molar refractivity (Wildman–Crippen MR) is 118 cm³/mol. The van der Waals surface area contributed by atoms with Gasteiger partial charge in [-0.3, -0.25) is 4.79 Å². The van der Waals surface area contributed by atoms with Crippen LogP contribution >= 0.6 is 0 Å². The van der Waals surface area contributed by atoms with E-state index in [0.717, 1.165) is 11.1 Å². The molecule has 0 aliphatic carbocycles. The van der Waals surface area contributed by atoms with E-state index in [-0.39, 0.29) is 0 Å². The van der Waals surface area contributed by atoms with Crippen LogP contribution in [0.3, 0.4) is 0 Å². The minimum Gasteiger partial charge on any atom is -0.495 e. The molecule has 1 atom stereocenters. The van der Waals surface area contributed by atoms with Crippen LogP contribution in [0.25, 0.3) is 0 Å². The van der Waals surface area contributed by atoms with Gasteiger partial charge >= 0.3 is 5.97 Å². The SMILES string of the molecule is COc1ccc(C)cc1NC(=O)[C@@H](C)OC(=O)c1ccc(OCc2ccccc2)cc1. The van der Waals surface area contributed by atoms with E-state index in [9.17, 15) is 9.59 Å². The van der Waals surface area contributed by atoms with Gasteiger partial charge in [-0.05, 0) is 61.4 Å². The summed E-state index contributed by atoms with van der Waals surface area (Å²) < 4.78 is 16.3. The van der Waals surface area contributed by atoms with Gasteiger partial charge in [-0.25, -0.2) is 4.79 Å². The van der Waals surface area contributed by atoms with Gasteiger partial charge in [-0.2, -0.15) is 0 Å². The molecule has 3 aromatic rings. The van der Waals surface area contributed by atoms with Crippen molar-refractivity contribution in [2.24, 2.45) is 0 Å². The third-order valence-electron chi connectivity index (χ3n) is 4.60. The standard InChI is InChI=1S/C25H25NO5/c1-17-9-14-23(29-3)22(15-17)26-24(27)18(2)31-25(28)20-10-12-21(13-11-20)30-16-19-7-5-4-6-8-19/h4-15,18H,16H2,1-3H3,(H,26,27)/t18-/m1/s1. The zero-order chi connectivity index (χ0) is 22.2. The summed E-state index contributed by atoms with van der Waals surface area (Å²) in [5, 5.41) is 2.74. The molecular weight excluding hydrogens is 394 g/mol. The largest absolute Gasteiger partial charge is 0.495 e. The minimum atomic E-state index is -0.980. The Labute approximate surface area is 181 Å². The summed E-state index contributed by atoms with van der Waals surface area (Å²) in [5.74, 6) is 0.134. The van der Waals surface area contributed by atoms with Gasteiger partial charge in [-0.1, -0.05) is 36.4 Å². The molecule has 0 bridgehead atoms. The predicted octanol–water partition coefficient (Wildman–Crippen LogP) is 4.77. The van der Waals surface area contributed by atoms with Crippen molar-refractivity contribution in [1.82, 2.24) is 0 Å². The highest BCUT2D eigenvalue weighted by molar-refractivity contribution is 5.98. The van der Waals surface area contributed by atoms with Crippen LogP contribution in [0, 0.1) is 6.92 Å². The van der Waals surface area contributed by atoms with Crippen molar-refractivity contribution in [3.8, 4) is 11.5 Å². The van der Waals surface area contributed by atoms with E-state index in [1.165, 1.54) is 14.0 Å². The molecule has 0 unspecified atom stereocenters. The lowest BCUT2D eigenvalue weighted by molar-refractivity contribution is -0.123. The van der Waals surface area contributed by atoms with Crippen LogP contribution in [-0.2, 0) is 16.1 Å². The molecule has 6 nitrogen and oxygen atoms in total. The molecule has 0 heterocycles. The summed E-state index contributed by atoms with van der Waals surface area (Å²) in [7, 11) is 1.52. The van der Waals surface area contributed by atoms with Gasteiger partial charge in [0.2, 0.25) is 0 Å². The molecule has 1 amide bonds. The number of carbonyl (C=O) groups is 2. The fraction of sp³-hybridized carbons (Fsp3) is 0.200. The van der Waals surface area contributed by atoms with E-state index >= 15 is 0 Å². The number of nitrogens with one attached hydrogen (secondary N) is 1. The van der Waals surface area contributed by atoms with E-state index < -0.39 is 18.0 Å². The molecule has 160 valence electrons. The Morgan fingerprint density at radius 1 is 0.968 bits per heavy atom. The summed E-state index contributed by atoms with van der Waals surface area (Å²) >= 11 is 0. The van der Waals surface area contributed by atoms with Gasteiger partial charge in [0.1, 0.15) is 18.1 Å². The maximum Gasteiger partial charge on any atom is 0.338 e. The van der Waals surface area contributed by atoms with Crippen LogP contribution in [0.1, 0.15) is 28.4 Å². The Morgan fingerprint density at radius 2 is 1.68 bits per heavy atom. The lowest BCUT2D eigenvalue weighted by atomic mass is 10.2. The topological polar surface area (TPSA) is 73.9 Å². The Hall–Kier alpha value is -3.80. The number of aryl methyl sites for hydroxylation is 1. The number of esters is 1. The summed E-state index contributed by atoms with van der Waals surface area (Å²) in [5.41, 5.74) is 2.88. The summed E-state index contributed by atoms with van der Waals surface area (Å²) in [6.07, 6.45) is -0.980. The quantitative estimate of drug-likeness (QED) is 0.533. The van der Waals surface area contributed by atoms with E-state index in [0.29, 0.717) is 29.4 Å². The zero-order valence-corrected chi connectivity index (χ0v) is 17.8. The lowest BCUT2D eigenvalue weighted by Crippen LogP contribution is -2.30. The second kappa shape index (κ2) is 10.3. The molecule has 31 heavy (non-hydrogen) atoms. The van der Waals surface area contributed by atoms with Crippen molar-refractivity contribution in [2.45, 2.75) is 26.6 Å². The van der Waals surface area contributed by atoms with Crippen LogP contribution in [0.5, 0.6) is 11.5 Å². The average molecular weight is 419 g/mol. The first-order valence-electron chi connectivity index (χ1n) is 9.89. The third kappa shape index (κ3) is 6.09. The van der Waals surface area contributed by atoms with Crippen molar-refractivity contribution < 1.29 is 23.8 Å². The van der Waals surface area contributed by atoms with Crippen LogP contribution in [0.4, 0.5) is 5.69 Å². The fourth-order valence-electron chi connectivity index (χ4n) is 2.86. The Morgan fingerprint density at radius 3 is 2.35 bits per heavy atom. The number of benzene rings is 3. The summed E-state index contributed by atoms with van der Waals surface area (Å²) in [6.45, 7) is 3.86. The van der Waals surface area contributed by atoms with Crippen LogP contribution in [0.2, 0.25) is 0 Å². The van der Waals surface area contributed by atoms with Crippen LogP contribution in [-0.4, -0.2) is 25.1 Å². The number of carbonyl (C=O) groups excluding carboxylic acids is 2. The van der Waals surface area contributed by atoms with Crippen molar-refractivity contribution in [1.29, 1.82) is 0 Å². The minimum absolute atomic E-state index is 0.333. The summed E-state index contributed by atoms with van der Waals surface area (Å²) in [4.78, 5) is 24.9. The van der Waals surface area contributed by atoms with Crippen molar-refractivity contribution in [3.05, 3.63) is 89.5 Å². The molecule has 0 spiro atoms. The first kappa shape index (κ1) is 21.9. The number of rotatable bonds is 8. The van der Waals surface area contributed by atoms with Crippen LogP contribution in [0.15, 0.2) is 72.8 Å². The van der Waals surface area contributed by atoms with Gasteiger partial charge in [-0.15, -0.1) is 0 Å². The van der Waals surface area contributed by atoms with Gasteiger partial charge in [0.25, 0.3) is 5.91 Å². The average Bonchev–Trinajstić information content (AvgIpc) is 2.78. The molecule has 1 N–H and O–H groups in total. The number of hydrogen-bond acceptors (Lipinski definition) is 5. The molecule has 3 aromatic carbocycles. The van der Waals surface area contributed by atoms with Gasteiger partial charge in [0, 0.05) is 0 Å². The highest BCUT2D eigenvalue weighted by Gasteiger charge is 2.20. The highest BCUT2D eigenvalue weighted by Crippen LogP contribution is 2.25. The molecule has 0 aliphatic rings. The number of amides is 1. The monoisotopic (exact) mass is 419 g/mol. The van der Waals surface area contributed by atoms with Gasteiger partial charge < -0.3 is 19.5 Å². The molecule has 0 saturated carbocycles. The molecule has 0 aliphatic heterocycles. The lowest BCUT2D eigenvalue weighted by Gasteiger charge is -2.16. The first-order chi connectivity index (χ1) is 15.0. The first-order valence-corrected chi connectivity index (χ1v) is 9.89.